The number of nitrogens with one attached hydrogen (secondary N) is 1. The molecular weight excluding hydrogens is 589 g/mol. The summed E-state index contributed by atoms with van der Waals surface area (Å²) in [6.07, 6.45) is -0.602. The molecule has 6 aromatic carbocycles. The van der Waals surface area contributed by atoms with Crippen LogP contribution in [0.1, 0.15) is 23.2 Å². The summed E-state index contributed by atoms with van der Waals surface area (Å²) >= 11 is 0. The molecule has 0 radical (unpaired) electrons. The van der Waals surface area contributed by atoms with E-state index >= 15 is 0 Å². The molecule has 6 heteroatoms. The van der Waals surface area contributed by atoms with Crippen LogP contribution >= 0.6 is 0 Å². The Bertz CT molecular complexity index is 2700. The van der Waals surface area contributed by atoms with Crippen LogP contribution in [0, 0.1) is 0 Å². The zero-order chi connectivity index (χ0) is 31.6. The normalized spacial score (nSPS) is 13.8. The van der Waals surface area contributed by atoms with Crippen molar-refractivity contribution in [3.63, 3.8) is 0 Å². The molecule has 10 rings (SSSR count). The van der Waals surface area contributed by atoms with Gasteiger partial charge in [-0.15, -0.1) is 0 Å². The molecule has 4 heterocycles. The van der Waals surface area contributed by atoms with Crippen molar-refractivity contribution >= 4 is 76.7 Å². The third-order valence-electron chi connectivity index (χ3n) is 9.27. The van der Waals surface area contributed by atoms with Crippen LogP contribution in [-0.4, -0.2) is 26.6 Å². The molecule has 6 nitrogen and oxygen atoms in total. The first kappa shape index (κ1) is 26.7. The van der Waals surface area contributed by atoms with Crippen molar-refractivity contribution in [3.05, 3.63) is 163 Å². The molecule has 0 amide bonds. The number of hydrogen-bond donors (Lipinski definition) is 1. The summed E-state index contributed by atoms with van der Waals surface area (Å²) in [4.78, 5) is 25.8. The second kappa shape index (κ2) is 10.5. The highest BCUT2D eigenvalue weighted by molar-refractivity contribution is 6.17. The van der Waals surface area contributed by atoms with E-state index in [0.29, 0.717) is 11.7 Å². The fourth-order valence-electron chi connectivity index (χ4n) is 6.84. The molecule has 0 atom stereocenters. The van der Waals surface area contributed by atoms with Crippen molar-refractivity contribution < 1.29 is 0 Å². The Morgan fingerprint density at radius 1 is 0.354 bits per heavy atom. The molecule has 48 heavy (non-hydrogen) atoms. The average Bonchev–Trinajstić information content (AvgIpc) is 3.17. The summed E-state index contributed by atoms with van der Waals surface area (Å²) in [5.41, 5.74) is 5.01. The van der Waals surface area contributed by atoms with Crippen molar-refractivity contribution in [2.75, 3.05) is 0 Å². The zero-order valence-electron chi connectivity index (χ0n) is 25.7. The lowest BCUT2D eigenvalue weighted by Gasteiger charge is -2.22. The quantitative estimate of drug-likeness (QED) is 0.201. The van der Waals surface area contributed by atoms with E-state index in [4.69, 9.17) is 24.9 Å². The van der Waals surface area contributed by atoms with E-state index in [1.807, 2.05) is 18.2 Å². The molecular formula is C42H26N6. The third-order valence-corrected chi connectivity index (χ3v) is 9.27. The molecule has 0 fully saturated rings. The highest BCUT2D eigenvalue weighted by Crippen LogP contribution is 2.30. The van der Waals surface area contributed by atoms with Gasteiger partial charge in [-0.1, -0.05) is 127 Å². The molecule has 0 aliphatic carbocycles. The van der Waals surface area contributed by atoms with E-state index < -0.39 is 6.17 Å². The Labute approximate surface area is 275 Å². The fraction of sp³-hybridized carbons (Fsp3) is 0.0238. The SMILES string of the molecule is c1ccc2c(c1)ccc1ccc(C3=NC(c4ccc5ccc6ccccc6c5n4)N=C(c4ccc5ccc6ccccc6c5n4)N3)nc12. The highest BCUT2D eigenvalue weighted by Gasteiger charge is 2.24. The van der Waals surface area contributed by atoms with Crippen molar-refractivity contribution in [3.8, 4) is 0 Å². The van der Waals surface area contributed by atoms with E-state index in [2.05, 4.69) is 133 Å². The number of pyridine rings is 3. The monoisotopic (exact) mass is 614 g/mol. The molecule has 0 spiro atoms. The lowest BCUT2D eigenvalue weighted by atomic mass is 10.0. The minimum Gasteiger partial charge on any atom is -0.322 e. The molecule has 0 saturated heterocycles. The summed E-state index contributed by atoms with van der Waals surface area (Å²) in [6, 6.07) is 50.2. The molecule has 0 bridgehead atoms. The van der Waals surface area contributed by atoms with Gasteiger partial charge in [-0.2, -0.15) is 0 Å². The summed E-state index contributed by atoms with van der Waals surface area (Å²) in [7, 11) is 0. The van der Waals surface area contributed by atoms with Crippen LogP contribution in [-0.2, 0) is 0 Å². The number of hydrogen-bond acceptors (Lipinski definition) is 6. The first-order valence-electron chi connectivity index (χ1n) is 16.0. The highest BCUT2D eigenvalue weighted by atomic mass is 15.2. The molecule has 1 aliphatic heterocycles. The molecule has 3 aromatic heterocycles. The summed E-state index contributed by atoms with van der Waals surface area (Å²) < 4.78 is 0. The fourth-order valence-corrected chi connectivity index (χ4v) is 6.84. The van der Waals surface area contributed by atoms with Gasteiger partial charge in [0.2, 0.25) is 0 Å². The second-order valence-corrected chi connectivity index (χ2v) is 12.2. The van der Waals surface area contributed by atoms with Gasteiger partial charge in [-0.05, 0) is 34.4 Å². The van der Waals surface area contributed by atoms with Gasteiger partial charge < -0.3 is 5.32 Å². The Kier molecular flexibility index (Phi) is 5.84. The van der Waals surface area contributed by atoms with Crippen LogP contribution in [0.2, 0.25) is 0 Å². The first-order valence-corrected chi connectivity index (χ1v) is 16.0. The van der Waals surface area contributed by atoms with E-state index in [-0.39, 0.29) is 0 Å². The predicted octanol–water partition coefficient (Wildman–Crippen LogP) is 9.29. The van der Waals surface area contributed by atoms with Crippen molar-refractivity contribution in [2.45, 2.75) is 6.17 Å². The Balaban J connectivity index is 1.17. The Hall–Kier alpha value is -6.53. The van der Waals surface area contributed by atoms with E-state index in [1.54, 1.807) is 0 Å². The molecule has 9 aromatic rings. The molecule has 0 saturated carbocycles. The summed E-state index contributed by atoms with van der Waals surface area (Å²) in [5, 5.41) is 13.5. The number of rotatable bonds is 3. The third kappa shape index (κ3) is 4.31. The largest absolute Gasteiger partial charge is 0.322 e. The summed E-state index contributed by atoms with van der Waals surface area (Å²) in [6.45, 7) is 0. The second-order valence-electron chi connectivity index (χ2n) is 12.2. The van der Waals surface area contributed by atoms with Crippen LogP contribution in [0.15, 0.2) is 156 Å². The van der Waals surface area contributed by atoms with Crippen LogP contribution in [0.3, 0.4) is 0 Å². The van der Waals surface area contributed by atoms with Gasteiger partial charge in [0.25, 0.3) is 0 Å². The number of nitrogens with zero attached hydrogens (tertiary/aromatic N) is 5. The minimum atomic E-state index is -0.602. The average molecular weight is 615 g/mol. The van der Waals surface area contributed by atoms with Crippen molar-refractivity contribution in [2.24, 2.45) is 9.98 Å². The van der Waals surface area contributed by atoms with E-state index in [1.165, 1.54) is 0 Å². The zero-order valence-corrected chi connectivity index (χ0v) is 25.7. The Morgan fingerprint density at radius 3 is 1.21 bits per heavy atom. The number of benzene rings is 6. The predicted molar refractivity (Wildman–Crippen MR) is 197 cm³/mol. The molecule has 0 unspecified atom stereocenters. The van der Waals surface area contributed by atoms with Gasteiger partial charge >= 0.3 is 0 Å². The molecule has 1 aliphatic rings. The smallest absolute Gasteiger partial charge is 0.186 e. The van der Waals surface area contributed by atoms with E-state index in [0.717, 1.165) is 82.1 Å². The van der Waals surface area contributed by atoms with Gasteiger partial charge in [-0.3, -0.25) is 0 Å². The van der Waals surface area contributed by atoms with Crippen LogP contribution in [0.4, 0.5) is 0 Å². The van der Waals surface area contributed by atoms with Gasteiger partial charge in [0.05, 0.1) is 22.2 Å². The first-order chi connectivity index (χ1) is 23.7. The van der Waals surface area contributed by atoms with Gasteiger partial charge in [-0.25, -0.2) is 24.9 Å². The maximum absolute atomic E-state index is 5.18. The van der Waals surface area contributed by atoms with Crippen molar-refractivity contribution in [1.82, 2.24) is 20.3 Å². The van der Waals surface area contributed by atoms with Crippen molar-refractivity contribution in [1.29, 1.82) is 0 Å². The minimum absolute atomic E-state index is 0.602. The number of fused-ring (bicyclic) bond motifs is 9. The van der Waals surface area contributed by atoms with Crippen LogP contribution < -0.4 is 5.32 Å². The lowest BCUT2D eigenvalue weighted by molar-refractivity contribution is 0.730. The molecule has 1 N–H and O–H groups in total. The molecule has 224 valence electrons. The maximum atomic E-state index is 5.18. The van der Waals surface area contributed by atoms with Gasteiger partial charge in [0, 0.05) is 32.3 Å². The van der Waals surface area contributed by atoms with Crippen LogP contribution in [0.5, 0.6) is 0 Å². The number of aliphatic imine (C=N–C) groups is 2. The van der Waals surface area contributed by atoms with Crippen LogP contribution in [0.25, 0.3) is 65.0 Å². The number of amidine groups is 2. The lowest BCUT2D eigenvalue weighted by Crippen LogP contribution is -2.37. The van der Waals surface area contributed by atoms with Gasteiger partial charge in [0.1, 0.15) is 11.4 Å². The standard InChI is InChI=1S/C42H26N6/c1-4-10-31-25(7-1)13-16-28-19-22-34(43-37(28)31)40-46-41(35-23-20-29-17-14-26-8-2-5-11-32(26)38(29)44-35)48-42(47-40)36-24-21-30-18-15-27-9-3-6-12-33(27)39(30)45-36/h1-24,40H,(H,46,47,48). The summed E-state index contributed by atoms with van der Waals surface area (Å²) in [5.74, 6) is 1.25. The van der Waals surface area contributed by atoms with Gasteiger partial charge in [0.15, 0.2) is 17.8 Å². The maximum Gasteiger partial charge on any atom is 0.186 e. The Morgan fingerprint density at radius 2 is 0.729 bits per heavy atom. The topological polar surface area (TPSA) is 75.4 Å². The number of aromatic nitrogens is 3. The van der Waals surface area contributed by atoms with E-state index in [9.17, 15) is 0 Å².